The Balaban J connectivity index is 1.60. The van der Waals surface area contributed by atoms with Crippen LogP contribution in [0.3, 0.4) is 0 Å². The molecular formula is C23H27N5O. The highest BCUT2D eigenvalue weighted by molar-refractivity contribution is 5.93. The van der Waals surface area contributed by atoms with Gasteiger partial charge in [0.2, 0.25) is 11.9 Å². The van der Waals surface area contributed by atoms with Crippen molar-refractivity contribution in [1.82, 2.24) is 20.6 Å². The number of nitrogens with one attached hydrogen (secondary N) is 3. The van der Waals surface area contributed by atoms with Crippen molar-refractivity contribution in [3.05, 3.63) is 54.6 Å². The first kappa shape index (κ1) is 19.3. The summed E-state index contributed by atoms with van der Waals surface area (Å²) >= 11 is 0. The van der Waals surface area contributed by atoms with Gasteiger partial charge in [0.15, 0.2) is 6.29 Å². The predicted octanol–water partition coefficient (Wildman–Crippen LogP) is 3.91. The van der Waals surface area contributed by atoms with Gasteiger partial charge in [-0.25, -0.2) is 9.97 Å². The van der Waals surface area contributed by atoms with Crippen LogP contribution in [0.25, 0.3) is 22.2 Å². The summed E-state index contributed by atoms with van der Waals surface area (Å²) in [6.45, 7) is 4.40. The molecule has 4 rings (SSSR count). The van der Waals surface area contributed by atoms with Crippen LogP contribution < -0.4 is 16.0 Å². The molecule has 1 aliphatic rings. The maximum absolute atomic E-state index is 12.2. The van der Waals surface area contributed by atoms with Crippen LogP contribution in [0.2, 0.25) is 0 Å². The Labute approximate surface area is 171 Å². The molecule has 1 aromatic heterocycles. The van der Waals surface area contributed by atoms with Crippen molar-refractivity contribution in [3.8, 4) is 11.3 Å². The lowest BCUT2D eigenvalue weighted by molar-refractivity contribution is -0.124. The van der Waals surface area contributed by atoms with Gasteiger partial charge in [-0.15, -0.1) is 0 Å². The van der Waals surface area contributed by atoms with Gasteiger partial charge in [0, 0.05) is 23.4 Å². The molecule has 6 nitrogen and oxygen atoms in total. The molecule has 2 heterocycles. The number of anilines is 1. The molecule has 1 saturated heterocycles. The number of hydrogen-bond donors (Lipinski definition) is 3. The molecule has 6 heteroatoms. The fraction of sp³-hybridized carbons (Fsp3) is 0.348. The standard InChI is InChI=1S/C23H27N5O/c1-15(2)12-13-17-14-20(29)26-22(24-17)28-23-25-19-11-7-6-10-18(19)21(27-23)16-8-4-3-5-9-16/h3-11,15,17,22,24H,12-14H2,1-2H3,(H,26,29)(H,25,27,28). The smallest absolute Gasteiger partial charge is 0.226 e. The average Bonchev–Trinajstić information content (AvgIpc) is 2.72. The molecule has 0 radical (unpaired) electrons. The molecule has 1 aliphatic heterocycles. The highest BCUT2D eigenvalue weighted by atomic mass is 16.2. The second-order valence-electron chi connectivity index (χ2n) is 7.96. The summed E-state index contributed by atoms with van der Waals surface area (Å²) in [6.07, 6.45) is 2.16. The molecule has 0 spiro atoms. The van der Waals surface area contributed by atoms with E-state index in [1.165, 1.54) is 0 Å². The lowest BCUT2D eigenvalue weighted by atomic mass is 10.00. The second-order valence-corrected chi connectivity index (χ2v) is 7.96. The van der Waals surface area contributed by atoms with E-state index in [9.17, 15) is 4.79 Å². The zero-order chi connectivity index (χ0) is 20.2. The zero-order valence-corrected chi connectivity index (χ0v) is 16.9. The molecule has 1 fully saturated rings. The van der Waals surface area contributed by atoms with E-state index in [0.29, 0.717) is 18.3 Å². The Morgan fingerprint density at radius 3 is 2.62 bits per heavy atom. The third kappa shape index (κ3) is 4.71. The first-order chi connectivity index (χ1) is 14.1. The summed E-state index contributed by atoms with van der Waals surface area (Å²) in [5.41, 5.74) is 2.77. The van der Waals surface area contributed by atoms with Gasteiger partial charge in [-0.05, 0) is 24.8 Å². The number of benzene rings is 2. The summed E-state index contributed by atoms with van der Waals surface area (Å²) in [4.78, 5) is 21.6. The Hall–Kier alpha value is -2.99. The molecule has 3 N–H and O–H groups in total. The van der Waals surface area contributed by atoms with Gasteiger partial charge in [-0.2, -0.15) is 0 Å². The first-order valence-electron chi connectivity index (χ1n) is 10.2. The number of nitrogens with zero attached hydrogens (tertiary/aromatic N) is 2. The minimum absolute atomic E-state index is 0.0408. The van der Waals surface area contributed by atoms with Crippen LogP contribution in [-0.4, -0.2) is 28.2 Å². The molecule has 2 unspecified atom stereocenters. The first-order valence-corrected chi connectivity index (χ1v) is 10.2. The van der Waals surface area contributed by atoms with E-state index in [-0.39, 0.29) is 11.9 Å². The second kappa shape index (κ2) is 8.57. The number of fused-ring (bicyclic) bond motifs is 1. The van der Waals surface area contributed by atoms with Crippen molar-refractivity contribution in [3.63, 3.8) is 0 Å². The van der Waals surface area contributed by atoms with Gasteiger partial charge in [-0.1, -0.05) is 62.4 Å². The molecule has 2 atom stereocenters. The maximum Gasteiger partial charge on any atom is 0.226 e. The van der Waals surface area contributed by atoms with Crippen LogP contribution in [0.15, 0.2) is 54.6 Å². The molecule has 0 bridgehead atoms. The molecule has 0 aliphatic carbocycles. The highest BCUT2D eigenvalue weighted by Gasteiger charge is 2.26. The summed E-state index contributed by atoms with van der Waals surface area (Å²) in [5, 5.41) is 10.7. The highest BCUT2D eigenvalue weighted by Crippen LogP contribution is 2.27. The Morgan fingerprint density at radius 2 is 1.83 bits per heavy atom. The van der Waals surface area contributed by atoms with E-state index in [0.717, 1.165) is 35.0 Å². The predicted molar refractivity (Wildman–Crippen MR) is 116 cm³/mol. The number of para-hydroxylation sites is 1. The van der Waals surface area contributed by atoms with Crippen LogP contribution in [0.5, 0.6) is 0 Å². The van der Waals surface area contributed by atoms with Crippen molar-refractivity contribution in [2.75, 3.05) is 5.32 Å². The van der Waals surface area contributed by atoms with Gasteiger partial charge in [-0.3, -0.25) is 10.1 Å². The molecule has 1 amide bonds. The molecule has 0 saturated carbocycles. The normalized spacial score (nSPS) is 19.3. The van der Waals surface area contributed by atoms with Gasteiger partial charge in [0.25, 0.3) is 0 Å². The largest absolute Gasteiger partial charge is 0.323 e. The fourth-order valence-corrected chi connectivity index (χ4v) is 3.66. The van der Waals surface area contributed by atoms with Crippen molar-refractivity contribution < 1.29 is 4.79 Å². The Bertz CT molecular complexity index is 989. The van der Waals surface area contributed by atoms with E-state index < -0.39 is 6.29 Å². The van der Waals surface area contributed by atoms with Crippen LogP contribution in [0.1, 0.15) is 33.1 Å². The van der Waals surface area contributed by atoms with Gasteiger partial charge >= 0.3 is 0 Å². The summed E-state index contributed by atoms with van der Waals surface area (Å²) in [5.74, 6) is 1.15. The average molecular weight is 390 g/mol. The van der Waals surface area contributed by atoms with Crippen molar-refractivity contribution in [2.24, 2.45) is 5.92 Å². The van der Waals surface area contributed by atoms with Crippen LogP contribution in [0, 0.1) is 5.92 Å². The van der Waals surface area contributed by atoms with Crippen molar-refractivity contribution in [2.45, 2.75) is 45.4 Å². The van der Waals surface area contributed by atoms with Gasteiger partial charge in [0.05, 0.1) is 11.2 Å². The SMILES string of the molecule is CC(C)CCC1CC(=O)NC(Nc2nc(-c3ccccc3)c3ccccc3n2)N1. The van der Waals surface area contributed by atoms with Crippen LogP contribution in [-0.2, 0) is 4.79 Å². The van der Waals surface area contributed by atoms with Gasteiger partial charge < -0.3 is 10.6 Å². The van der Waals surface area contributed by atoms with E-state index >= 15 is 0 Å². The lowest BCUT2D eigenvalue weighted by Gasteiger charge is -2.32. The maximum atomic E-state index is 12.2. The molecule has 2 aromatic carbocycles. The number of hydrogen-bond acceptors (Lipinski definition) is 5. The number of carbonyl (C=O) groups excluding carboxylic acids is 1. The quantitative estimate of drug-likeness (QED) is 0.596. The van der Waals surface area contributed by atoms with Crippen molar-refractivity contribution >= 4 is 22.8 Å². The topological polar surface area (TPSA) is 78.9 Å². The fourth-order valence-electron chi connectivity index (χ4n) is 3.66. The number of amides is 1. The van der Waals surface area contributed by atoms with E-state index in [1.54, 1.807) is 0 Å². The molecule has 29 heavy (non-hydrogen) atoms. The summed E-state index contributed by atoms with van der Waals surface area (Å²) < 4.78 is 0. The number of carbonyl (C=O) groups is 1. The minimum atomic E-state index is -0.391. The summed E-state index contributed by atoms with van der Waals surface area (Å²) in [6, 6.07) is 18.2. The van der Waals surface area contributed by atoms with Crippen LogP contribution >= 0.6 is 0 Å². The summed E-state index contributed by atoms with van der Waals surface area (Å²) in [7, 11) is 0. The van der Waals surface area contributed by atoms with Crippen molar-refractivity contribution in [1.29, 1.82) is 0 Å². The van der Waals surface area contributed by atoms with E-state index in [2.05, 4.69) is 34.8 Å². The molecular weight excluding hydrogens is 362 g/mol. The Kier molecular flexibility index (Phi) is 5.71. The molecule has 3 aromatic rings. The minimum Gasteiger partial charge on any atom is -0.323 e. The third-order valence-corrected chi connectivity index (χ3v) is 5.16. The Morgan fingerprint density at radius 1 is 1.07 bits per heavy atom. The van der Waals surface area contributed by atoms with Gasteiger partial charge in [0.1, 0.15) is 0 Å². The zero-order valence-electron chi connectivity index (χ0n) is 16.9. The third-order valence-electron chi connectivity index (χ3n) is 5.16. The lowest BCUT2D eigenvalue weighted by Crippen LogP contribution is -2.60. The molecule has 150 valence electrons. The number of rotatable bonds is 6. The van der Waals surface area contributed by atoms with E-state index in [1.807, 2.05) is 54.6 Å². The monoisotopic (exact) mass is 389 g/mol. The van der Waals surface area contributed by atoms with E-state index in [4.69, 9.17) is 4.98 Å². The van der Waals surface area contributed by atoms with Crippen LogP contribution in [0.4, 0.5) is 5.95 Å². The number of aromatic nitrogens is 2.